The predicted molar refractivity (Wildman–Crippen MR) is 99.9 cm³/mol. The zero-order valence-electron chi connectivity index (χ0n) is 12.5. The van der Waals surface area contributed by atoms with E-state index in [0.717, 1.165) is 11.3 Å². The first-order chi connectivity index (χ1) is 11.6. The summed E-state index contributed by atoms with van der Waals surface area (Å²) in [6.07, 6.45) is 5.28. The van der Waals surface area contributed by atoms with Crippen LogP contribution in [0.25, 0.3) is 0 Å². The van der Waals surface area contributed by atoms with Crippen molar-refractivity contribution in [2.45, 2.75) is 5.37 Å². The number of terminal acetylenes is 1. The summed E-state index contributed by atoms with van der Waals surface area (Å²) < 4.78 is 5.63. The highest BCUT2D eigenvalue weighted by Gasteiger charge is 2.35. The predicted octanol–water partition coefficient (Wildman–Crippen LogP) is 4.78. The molecule has 3 nitrogen and oxygen atoms in total. The van der Waals surface area contributed by atoms with Crippen LogP contribution in [0.3, 0.4) is 0 Å². The van der Waals surface area contributed by atoms with Crippen LogP contribution in [0.5, 0.6) is 5.75 Å². The highest BCUT2D eigenvalue weighted by atomic mass is 35.5. The fourth-order valence-electron chi connectivity index (χ4n) is 2.50. The van der Waals surface area contributed by atoms with Crippen molar-refractivity contribution in [1.82, 2.24) is 0 Å². The normalized spacial score (nSPS) is 17.0. The van der Waals surface area contributed by atoms with Crippen molar-refractivity contribution in [3.8, 4) is 18.1 Å². The van der Waals surface area contributed by atoms with Crippen LogP contribution in [0.15, 0.2) is 42.5 Å². The molecule has 0 bridgehead atoms. The average molecular weight is 378 g/mol. The molecule has 1 aliphatic heterocycles. The highest BCUT2D eigenvalue weighted by molar-refractivity contribution is 8.00. The van der Waals surface area contributed by atoms with Crippen LogP contribution in [0.2, 0.25) is 10.0 Å². The van der Waals surface area contributed by atoms with Gasteiger partial charge in [0.1, 0.15) is 17.7 Å². The van der Waals surface area contributed by atoms with Crippen molar-refractivity contribution in [3.05, 3.63) is 58.1 Å². The van der Waals surface area contributed by atoms with Gasteiger partial charge >= 0.3 is 0 Å². The summed E-state index contributed by atoms with van der Waals surface area (Å²) in [6.45, 7) is 0.154. The number of rotatable bonds is 4. The van der Waals surface area contributed by atoms with Gasteiger partial charge in [0, 0.05) is 21.3 Å². The Hall–Kier alpha value is -1.80. The zero-order chi connectivity index (χ0) is 17.1. The molecule has 2 aromatic carbocycles. The maximum absolute atomic E-state index is 12.4. The van der Waals surface area contributed by atoms with Crippen molar-refractivity contribution >= 4 is 46.6 Å². The van der Waals surface area contributed by atoms with Gasteiger partial charge in [-0.1, -0.05) is 29.1 Å². The topological polar surface area (TPSA) is 29.5 Å². The van der Waals surface area contributed by atoms with E-state index in [2.05, 4.69) is 5.92 Å². The second kappa shape index (κ2) is 7.40. The minimum absolute atomic E-state index is 0.0233. The molecule has 0 radical (unpaired) electrons. The van der Waals surface area contributed by atoms with E-state index in [4.69, 9.17) is 34.4 Å². The van der Waals surface area contributed by atoms with E-state index < -0.39 is 0 Å². The summed E-state index contributed by atoms with van der Waals surface area (Å²) in [4.78, 5) is 14.2. The molecule has 6 heteroatoms. The van der Waals surface area contributed by atoms with E-state index in [1.165, 1.54) is 11.8 Å². The SMILES string of the molecule is C#CCOc1ccc(Cl)cc1[C@@H]1SCC(=O)N1c1ccc(Cl)cc1. The van der Waals surface area contributed by atoms with Crippen molar-refractivity contribution < 1.29 is 9.53 Å². The standard InChI is InChI=1S/C18H13Cl2NO2S/c1-2-9-23-16-8-5-13(20)10-15(16)18-21(17(22)11-24-18)14-6-3-12(19)4-7-14/h1,3-8,10,18H,9,11H2/t18-/m0/s1. The Labute approximate surface area is 154 Å². The Bertz CT molecular complexity index is 802. The zero-order valence-corrected chi connectivity index (χ0v) is 14.9. The van der Waals surface area contributed by atoms with E-state index in [-0.39, 0.29) is 17.9 Å². The summed E-state index contributed by atoms with van der Waals surface area (Å²) in [5.74, 6) is 3.48. The third-order valence-electron chi connectivity index (χ3n) is 3.52. The van der Waals surface area contributed by atoms with E-state index in [1.807, 2.05) is 18.2 Å². The average Bonchev–Trinajstić information content (AvgIpc) is 2.96. The summed E-state index contributed by atoms with van der Waals surface area (Å²) in [7, 11) is 0. The molecule has 0 spiro atoms. The molecule has 1 fully saturated rings. The number of nitrogens with zero attached hydrogens (tertiary/aromatic N) is 1. The number of carbonyl (C=O) groups excluding carboxylic acids is 1. The number of halogens is 2. The Balaban J connectivity index is 2.01. The van der Waals surface area contributed by atoms with Crippen LogP contribution in [0.1, 0.15) is 10.9 Å². The maximum atomic E-state index is 12.4. The number of amides is 1. The van der Waals surface area contributed by atoms with E-state index >= 15 is 0 Å². The first-order valence-electron chi connectivity index (χ1n) is 7.15. The van der Waals surface area contributed by atoms with Crippen LogP contribution in [-0.2, 0) is 4.79 Å². The molecule has 1 aliphatic rings. The molecule has 1 heterocycles. The molecule has 0 aliphatic carbocycles. The molecule has 24 heavy (non-hydrogen) atoms. The van der Waals surface area contributed by atoms with Gasteiger partial charge in [0.15, 0.2) is 0 Å². The van der Waals surface area contributed by atoms with Crippen LogP contribution < -0.4 is 9.64 Å². The molecule has 0 unspecified atom stereocenters. The second-order valence-electron chi connectivity index (χ2n) is 5.08. The van der Waals surface area contributed by atoms with Gasteiger partial charge in [-0.15, -0.1) is 18.2 Å². The van der Waals surface area contributed by atoms with E-state index in [1.54, 1.807) is 29.2 Å². The number of ether oxygens (including phenoxy) is 1. The molecule has 122 valence electrons. The number of benzene rings is 2. The third kappa shape index (κ3) is 3.49. The summed E-state index contributed by atoms with van der Waals surface area (Å²) in [6, 6.07) is 12.5. The van der Waals surface area contributed by atoms with Gasteiger partial charge in [0.25, 0.3) is 0 Å². The Morgan fingerprint density at radius 3 is 2.62 bits per heavy atom. The number of anilines is 1. The van der Waals surface area contributed by atoms with Crippen molar-refractivity contribution in [3.63, 3.8) is 0 Å². The third-order valence-corrected chi connectivity index (χ3v) is 5.20. The monoisotopic (exact) mass is 377 g/mol. The molecule has 0 N–H and O–H groups in total. The van der Waals surface area contributed by atoms with Gasteiger partial charge in [-0.25, -0.2) is 0 Å². The summed E-state index contributed by atoms with van der Waals surface area (Å²) >= 11 is 13.6. The minimum Gasteiger partial charge on any atom is -0.481 e. The molecule has 1 atom stereocenters. The second-order valence-corrected chi connectivity index (χ2v) is 7.02. The quantitative estimate of drug-likeness (QED) is 0.717. The number of hydrogen-bond donors (Lipinski definition) is 0. The molecule has 1 saturated heterocycles. The van der Waals surface area contributed by atoms with Crippen LogP contribution in [-0.4, -0.2) is 18.3 Å². The van der Waals surface area contributed by atoms with Crippen molar-refractivity contribution in [2.75, 3.05) is 17.3 Å². The molecule has 0 aromatic heterocycles. The van der Waals surface area contributed by atoms with Crippen molar-refractivity contribution in [2.24, 2.45) is 0 Å². The highest BCUT2D eigenvalue weighted by Crippen LogP contribution is 2.45. The van der Waals surface area contributed by atoms with Crippen LogP contribution in [0.4, 0.5) is 5.69 Å². The van der Waals surface area contributed by atoms with Crippen LogP contribution in [0, 0.1) is 12.3 Å². The van der Waals surface area contributed by atoms with Gasteiger partial charge in [-0.3, -0.25) is 9.69 Å². The molecule has 0 saturated carbocycles. The first-order valence-corrected chi connectivity index (χ1v) is 8.95. The summed E-state index contributed by atoms with van der Waals surface area (Å²) in [5, 5.41) is 0.967. The Kier molecular flexibility index (Phi) is 5.25. The lowest BCUT2D eigenvalue weighted by Gasteiger charge is -2.26. The molecule has 3 rings (SSSR count). The summed E-state index contributed by atoms with van der Waals surface area (Å²) in [5.41, 5.74) is 1.60. The lowest BCUT2D eigenvalue weighted by Crippen LogP contribution is -2.28. The molecular formula is C18H13Cl2NO2S. The largest absolute Gasteiger partial charge is 0.481 e. The van der Waals surface area contributed by atoms with Crippen molar-refractivity contribution in [1.29, 1.82) is 0 Å². The Morgan fingerprint density at radius 1 is 1.21 bits per heavy atom. The van der Waals surface area contributed by atoms with Gasteiger partial charge in [0.2, 0.25) is 5.91 Å². The van der Waals surface area contributed by atoms with Gasteiger partial charge in [-0.2, -0.15) is 0 Å². The molecule has 2 aromatic rings. The first kappa shape index (κ1) is 17.0. The van der Waals surface area contributed by atoms with Crippen LogP contribution >= 0.6 is 35.0 Å². The van der Waals surface area contributed by atoms with E-state index in [0.29, 0.717) is 21.5 Å². The molecule has 1 amide bonds. The fraction of sp³-hybridized carbons (Fsp3) is 0.167. The lowest BCUT2D eigenvalue weighted by molar-refractivity contribution is -0.115. The number of carbonyl (C=O) groups is 1. The van der Waals surface area contributed by atoms with Gasteiger partial charge in [-0.05, 0) is 42.5 Å². The molecular weight excluding hydrogens is 365 g/mol. The van der Waals surface area contributed by atoms with Gasteiger partial charge in [0.05, 0.1) is 5.75 Å². The van der Waals surface area contributed by atoms with E-state index in [9.17, 15) is 4.79 Å². The minimum atomic E-state index is -0.231. The van der Waals surface area contributed by atoms with Gasteiger partial charge < -0.3 is 4.74 Å². The smallest absolute Gasteiger partial charge is 0.238 e. The lowest BCUT2D eigenvalue weighted by atomic mass is 10.1. The number of hydrogen-bond acceptors (Lipinski definition) is 3. The fourth-order valence-corrected chi connectivity index (χ4v) is 4.00. The number of thioether (sulfide) groups is 1. The Morgan fingerprint density at radius 2 is 1.92 bits per heavy atom. The maximum Gasteiger partial charge on any atom is 0.238 e.